The van der Waals surface area contributed by atoms with E-state index in [1.807, 2.05) is 30.3 Å². The molecule has 162 valence electrons. The molecular weight excluding hydrogens is 420 g/mol. The fourth-order valence-electron chi connectivity index (χ4n) is 4.00. The summed E-state index contributed by atoms with van der Waals surface area (Å²) in [6.45, 7) is 3.25. The van der Waals surface area contributed by atoms with Gasteiger partial charge in [0.2, 0.25) is 5.91 Å². The van der Waals surface area contributed by atoms with E-state index in [-0.39, 0.29) is 11.8 Å². The number of piperidine rings is 1. The molecule has 7 heteroatoms. The summed E-state index contributed by atoms with van der Waals surface area (Å²) in [6.07, 6.45) is 2.57. The van der Waals surface area contributed by atoms with Crippen LogP contribution in [-0.4, -0.2) is 28.3 Å². The lowest BCUT2D eigenvalue weighted by molar-refractivity contribution is -0.119. The maximum atomic E-state index is 12.6. The largest absolute Gasteiger partial charge is 0.348 e. The Morgan fingerprint density at radius 2 is 1.97 bits per heavy atom. The number of nitrogens with one attached hydrogen (secondary N) is 2. The number of nitrogens with zero attached hydrogens (tertiary/aromatic N) is 2. The molecule has 2 aromatic carbocycles. The Bertz CT molecular complexity index is 1290. The maximum Gasteiger partial charge on any atom is 0.251 e. The minimum atomic E-state index is -0.138. The number of thiophene rings is 1. The van der Waals surface area contributed by atoms with Crippen molar-refractivity contribution in [2.75, 3.05) is 11.4 Å². The molecular formula is C25H24N4O2S. The highest BCUT2D eigenvalue weighted by Gasteiger charge is 2.19. The van der Waals surface area contributed by atoms with Gasteiger partial charge in [-0.3, -0.25) is 9.59 Å². The molecule has 2 aromatic heterocycles. The summed E-state index contributed by atoms with van der Waals surface area (Å²) in [5.41, 5.74) is 4.29. The quantitative estimate of drug-likeness (QED) is 0.452. The molecule has 2 amide bonds. The van der Waals surface area contributed by atoms with Gasteiger partial charge in [-0.15, -0.1) is 11.3 Å². The van der Waals surface area contributed by atoms with Gasteiger partial charge in [-0.2, -0.15) is 0 Å². The van der Waals surface area contributed by atoms with Crippen LogP contribution < -0.4 is 10.2 Å². The zero-order valence-electron chi connectivity index (χ0n) is 17.9. The van der Waals surface area contributed by atoms with E-state index in [1.165, 1.54) is 4.88 Å². The molecule has 1 aliphatic heterocycles. The second kappa shape index (κ2) is 8.59. The number of aryl methyl sites for hydroxylation is 1. The first kappa shape index (κ1) is 20.5. The van der Waals surface area contributed by atoms with E-state index in [2.05, 4.69) is 34.3 Å². The standard InChI is InChI=1S/C25H24N4O2S/c1-16-5-12-22(32-16)24-27-20-11-6-17(14-21(20)28-24)15-26-25(31)18-7-9-19(10-8-18)29-13-3-2-4-23(29)30/h5-12,14H,2-4,13,15H2,1H3,(H,26,31)(H,27,28). The second-order valence-electron chi connectivity index (χ2n) is 8.08. The molecule has 1 saturated heterocycles. The number of H-pyrrole nitrogens is 1. The summed E-state index contributed by atoms with van der Waals surface area (Å²) in [4.78, 5) is 36.9. The number of benzene rings is 2. The fraction of sp³-hybridized carbons (Fsp3) is 0.240. The van der Waals surface area contributed by atoms with Crippen molar-refractivity contribution in [3.05, 3.63) is 70.6 Å². The number of carbonyl (C=O) groups is 2. The van der Waals surface area contributed by atoms with Gasteiger partial charge in [0.15, 0.2) is 0 Å². The predicted octanol–water partition coefficient (Wildman–Crippen LogP) is 5.05. The molecule has 3 heterocycles. The van der Waals surface area contributed by atoms with Crippen molar-refractivity contribution in [1.29, 1.82) is 0 Å². The Balaban J connectivity index is 1.24. The molecule has 0 spiro atoms. The van der Waals surface area contributed by atoms with E-state index in [4.69, 9.17) is 0 Å². The van der Waals surface area contributed by atoms with Crippen molar-refractivity contribution >= 4 is 39.9 Å². The number of aromatic nitrogens is 2. The summed E-state index contributed by atoms with van der Waals surface area (Å²) >= 11 is 1.71. The first-order chi connectivity index (χ1) is 15.6. The smallest absolute Gasteiger partial charge is 0.251 e. The third kappa shape index (κ3) is 4.16. The summed E-state index contributed by atoms with van der Waals surface area (Å²) in [7, 11) is 0. The topological polar surface area (TPSA) is 78.1 Å². The number of hydrogen-bond donors (Lipinski definition) is 2. The molecule has 0 unspecified atom stereocenters. The molecule has 6 nitrogen and oxygen atoms in total. The molecule has 4 aromatic rings. The lowest BCUT2D eigenvalue weighted by Gasteiger charge is -2.26. The van der Waals surface area contributed by atoms with Crippen LogP contribution in [0.25, 0.3) is 21.7 Å². The van der Waals surface area contributed by atoms with Crippen molar-refractivity contribution in [3.8, 4) is 10.7 Å². The van der Waals surface area contributed by atoms with Gasteiger partial charge >= 0.3 is 0 Å². The van der Waals surface area contributed by atoms with E-state index in [1.54, 1.807) is 28.4 Å². The molecule has 32 heavy (non-hydrogen) atoms. The first-order valence-electron chi connectivity index (χ1n) is 10.8. The van der Waals surface area contributed by atoms with Gasteiger partial charge < -0.3 is 15.2 Å². The SMILES string of the molecule is Cc1ccc(-c2nc3ccc(CNC(=O)c4ccc(N5CCCCC5=O)cc4)cc3[nH]2)s1. The second-order valence-corrected chi connectivity index (χ2v) is 9.37. The minimum Gasteiger partial charge on any atom is -0.348 e. The fourth-order valence-corrected chi connectivity index (χ4v) is 4.81. The van der Waals surface area contributed by atoms with Gasteiger partial charge in [-0.25, -0.2) is 4.98 Å². The zero-order valence-corrected chi connectivity index (χ0v) is 18.7. The van der Waals surface area contributed by atoms with E-state index in [0.717, 1.165) is 52.4 Å². The molecule has 1 fully saturated rings. The van der Waals surface area contributed by atoms with Crippen molar-refractivity contribution in [1.82, 2.24) is 15.3 Å². The molecule has 5 rings (SSSR count). The predicted molar refractivity (Wildman–Crippen MR) is 128 cm³/mol. The highest BCUT2D eigenvalue weighted by Crippen LogP contribution is 2.27. The summed E-state index contributed by atoms with van der Waals surface area (Å²) in [6, 6.07) is 17.4. The highest BCUT2D eigenvalue weighted by atomic mass is 32.1. The zero-order chi connectivity index (χ0) is 22.1. The third-order valence-corrected chi connectivity index (χ3v) is 6.75. The Labute approximate surface area is 190 Å². The lowest BCUT2D eigenvalue weighted by atomic mass is 10.1. The van der Waals surface area contributed by atoms with E-state index >= 15 is 0 Å². The van der Waals surface area contributed by atoms with Gasteiger partial charge in [0.25, 0.3) is 5.91 Å². The Hall–Kier alpha value is -3.45. The van der Waals surface area contributed by atoms with Crippen LogP contribution in [0.4, 0.5) is 5.69 Å². The summed E-state index contributed by atoms with van der Waals surface area (Å²) in [5.74, 6) is 0.882. The summed E-state index contributed by atoms with van der Waals surface area (Å²) in [5, 5.41) is 2.98. The number of hydrogen-bond acceptors (Lipinski definition) is 4. The minimum absolute atomic E-state index is 0.138. The Kier molecular flexibility index (Phi) is 5.49. The van der Waals surface area contributed by atoms with E-state index in [9.17, 15) is 9.59 Å². The molecule has 2 N–H and O–H groups in total. The Morgan fingerprint density at radius 1 is 1.12 bits per heavy atom. The first-order valence-corrected chi connectivity index (χ1v) is 11.6. The number of anilines is 1. The van der Waals surface area contributed by atoms with Crippen LogP contribution >= 0.6 is 11.3 Å². The van der Waals surface area contributed by atoms with Gasteiger partial charge in [0.05, 0.1) is 15.9 Å². The van der Waals surface area contributed by atoms with Gasteiger partial charge in [-0.05, 0) is 73.9 Å². The van der Waals surface area contributed by atoms with Crippen molar-refractivity contribution in [2.24, 2.45) is 0 Å². The molecule has 0 bridgehead atoms. The van der Waals surface area contributed by atoms with Crippen LogP contribution in [-0.2, 0) is 11.3 Å². The maximum absolute atomic E-state index is 12.6. The van der Waals surface area contributed by atoms with Crippen LogP contribution in [0, 0.1) is 6.92 Å². The third-order valence-electron chi connectivity index (χ3n) is 5.74. The van der Waals surface area contributed by atoms with Crippen LogP contribution in [0.3, 0.4) is 0 Å². The normalized spacial score (nSPS) is 14.2. The highest BCUT2D eigenvalue weighted by molar-refractivity contribution is 7.15. The number of rotatable bonds is 5. The lowest BCUT2D eigenvalue weighted by Crippen LogP contribution is -2.35. The number of amides is 2. The Morgan fingerprint density at radius 3 is 2.72 bits per heavy atom. The molecule has 0 saturated carbocycles. The summed E-state index contributed by atoms with van der Waals surface area (Å²) < 4.78 is 0. The van der Waals surface area contributed by atoms with Crippen LogP contribution in [0.5, 0.6) is 0 Å². The van der Waals surface area contributed by atoms with E-state index < -0.39 is 0 Å². The number of fused-ring (bicyclic) bond motifs is 1. The molecule has 1 aliphatic rings. The average Bonchev–Trinajstić information content (AvgIpc) is 3.43. The molecule has 0 aliphatic carbocycles. The number of aromatic amines is 1. The van der Waals surface area contributed by atoms with Crippen LogP contribution in [0.2, 0.25) is 0 Å². The van der Waals surface area contributed by atoms with Crippen molar-refractivity contribution in [3.63, 3.8) is 0 Å². The molecule has 0 radical (unpaired) electrons. The van der Waals surface area contributed by atoms with Crippen molar-refractivity contribution < 1.29 is 9.59 Å². The number of carbonyl (C=O) groups excluding carboxylic acids is 2. The van der Waals surface area contributed by atoms with Crippen LogP contribution in [0.1, 0.15) is 40.1 Å². The van der Waals surface area contributed by atoms with Crippen molar-refractivity contribution in [2.45, 2.75) is 32.7 Å². The van der Waals surface area contributed by atoms with Gasteiger partial charge in [0, 0.05) is 35.6 Å². The van der Waals surface area contributed by atoms with Gasteiger partial charge in [0.1, 0.15) is 5.82 Å². The average molecular weight is 445 g/mol. The van der Waals surface area contributed by atoms with E-state index in [0.29, 0.717) is 18.5 Å². The van der Waals surface area contributed by atoms with Crippen LogP contribution in [0.15, 0.2) is 54.6 Å². The number of imidazole rings is 1. The van der Waals surface area contributed by atoms with Gasteiger partial charge in [-0.1, -0.05) is 6.07 Å². The molecule has 0 atom stereocenters. The monoisotopic (exact) mass is 444 g/mol.